The number of nitrogens with one attached hydrogen (secondary N) is 2. The molecule has 1 aliphatic heterocycles. The summed E-state index contributed by atoms with van der Waals surface area (Å²) in [5, 5.41) is 16.7. The Morgan fingerprint density at radius 1 is 1.14 bits per heavy atom. The molecule has 268 valence electrons. The molecule has 0 fully saturated rings. The molecular formula is C34H46FN5O8S. The van der Waals surface area contributed by atoms with Crippen molar-refractivity contribution in [1.82, 2.24) is 15.0 Å². The fourth-order valence-corrected chi connectivity index (χ4v) is 7.00. The Kier molecular flexibility index (Phi) is 12.6. The normalized spacial score (nSPS) is 20.0. The molecule has 1 aromatic heterocycles. The number of aromatic nitrogens is 1. The predicted octanol–water partition coefficient (Wildman–Crippen LogP) is 5.19. The largest absolute Gasteiger partial charge is 0.490 e. The number of carbonyl (C=O) groups excluding carboxylic acids is 2. The lowest BCUT2D eigenvalue weighted by Crippen LogP contribution is -2.48. The van der Waals surface area contributed by atoms with Crippen molar-refractivity contribution in [3.8, 4) is 5.75 Å². The Morgan fingerprint density at radius 3 is 2.49 bits per heavy atom. The molecule has 0 aliphatic carbocycles. The first-order chi connectivity index (χ1) is 23.2. The van der Waals surface area contributed by atoms with Crippen LogP contribution in [0.3, 0.4) is 0 Å². The van der Waals surface area contributed by atoms with E-state index in [9.17, 15) is 27.5 Å². The van der Waals surface area contributed by atoms with Crippen LogP contribution in [0.4, 0.5) is 20.6 Å². The van der Waals surface area contributed by atoms with Gasteiger partial charge in [0.25, 0.3) is 15.9 Å². The number of aliphatic hydroxyl groups is 1. The molecule has 13 nitrogen and oxygen atoms in total. The van der Waals surface area contributed by atoms with Gasteiger partial charge in [-0.25, -0.2) is 17.6 Å². The molecule has 4 atom stereocenters. The van der Waals surface area contributed by atoms with Gasteiger partial charge in [-0.1, -0.05) is 12.1 Å². The number of hydrogen-bond acceptors (Lipinski definition) is 9. The molecule has 1 aliphatic rings. The van der Waals surface area contributed by atoms with Gasteiger partial charge in [-0.05, 0) is 89.4 Å². The number of ether oxygens (including phenoxy) is 2. The average molecular weight is 704 g/mol. The van der Waals surface area contributed by atoms with Crippen LogP contribution in [0.15, 0.2) is 51.9 Å². The molecule has 49 heavy (non-hydrogen) atoms. The topological polar surface area (TPSA) is 164 Å². The summed E-state index contributed by atoms with van der Waals surface area (Å²) in [6, 6.07) is 8.92. The zero-order chi connectivity index (χ0) is 35.9. The number of amides is 3. The number of urea groups is 1. The van der Waals surface area contributed by atoms with E-state index in [1.807, 2.05) is 13.8 Å². The number of rotatable bonds is 8. The highest BCUT2D eigenvalue weighted by Crippen LogP contribution is 2.30. The minimum Gasteiger partial charge on any atom is -0.490 e. The van der Waals surface area contributed by atoms with Gasteiger partial charge in [0.1, 0.15) is 17.3 Å². The van der Waals surface area contributed by atoms with E-state index in [0.29, 0.717) is 18.7 Å². The third-order valence-corrected chi connectivity index (χ3v) is 10.1. The monoisotopic (exact) mass is 703 g/mol. The van der Waals surface area contributed by atoms with Gasteiger partial charge in [0.2, 0.25) is 0 Å². The van der Waals surface area contributed by atoms with Crippen LogP contribution in [0.25, 0.3) is 0 Å². The number of aliphatic hydroxyl groups excluding tert-OH is 1. The number of fused-ring (bicyclic) bond motifs is 1. The standard InChI is InChI=1S/C34H46FN5O8S/c1-21-18-40(22(2)20-41)33(42)29-17-28(38-49(44,45)32-24(4)37-48-25(32)5)14-15-30(29)47-23(3)9-7-8-16-46-31(21)19-39(6)34(43)36-27-12-10-26(35)11-13-27/h10-15,17,21-23,31,38,41H,7-9,16,18-20H2,1-6H3,(H,36,43)/t21-,22-,23-,31+/m1/s1. The Hall–Kier alpha value is -4.21. The molecule has 3 amide bonds. The van der Waals surface area contributed by atoms with Crippen molar-refractivity contribution in [2.45, 2.75) is 77.0 Å². The van der Waals surface area contributed by atoms with Crippen molar-refractivity contribution in [3.63, 3.8) is 0 Å². The summed E-state index contributed by atoms with van der Waals surface area (Å²) >= 11 is 0. The van der Waals surface area contributed by atoms with Crippen molar-refractivity contribution < 1.29 is 41.5 Å². The molecule has 0 saturated heterocycles. The van der Waals surface area contributed by atoms with Crippen molar-refractivity contribution in [1.29, 1.82) is 0 Å². The van der Waals surface area contributed by atoms with Gasteiger partial charge in [0.05, 0.1) is 30.4 Å². The summed E-state index contributed by atoms with van der Waals surface area (Å²) in [7, 11) is -2.48. The Labute approximate surface area is 286 Å². The molecule has 0 radical (unpaired) electrons. The van der Waals surface area contributed by atoms with Crippen LogP contribution in [0, 0.1) is 25.6 Å². The summed E-state index contributed by atoms with van der Waals surface area (Å²) < 4.78 is 60.1. The molecule has 3 aromatic rings. The number of hydrogen-bond donors (Lipinski definition) is 3. The number of nitrogens with zero attached hydrogens (tertiary/aromatic N) is 3. The zero-order valence-corrected chi connectivity index (χ0v) is 29.5. The van der Waals surface area contributed by atoms with Crippen LogP contribution in [-0.2, 0) is 14.8 Å². The second kappa shape index (κ2) is 16.5. The van der Waals surface area contributed by atoms with E-state index < -0.39 is 39.9 Å². The van der Waals surface area contributed by atoms with Crippen molar-refractivity contribution in [2.75, 3.05) is 43.4 Å². The van der Waals surface area contributed by atoms with Crippen LogP contribution < -0.4 is 14.8 Å². The van der Waals surface area contributed by atoms with Crippen molar-refractivity contribution in [2.24, 2.45) is 5.92 Å². The first kappa shape index (κ1) is 37.6. The van der Waals surface area contributed by atoms with Crippen molar-refractivity contribution in [3.05, 3.63) is 65.3 Å². The van der Waals surface area contributed by atoms with Crippen LogP contribution >= 0.6 is 0 Å². The van der Waals surface area contributed by atoms with Crippen LogP contribution in [0.1, 0.15) is 61.8 Å². The highest BCUT2D eigenvalue weighted by molar-refractivity contribution is 7.92. The molecule has 0 unspecified atom stereocenters. The van der Waals surface area contributed by atoms with Gasteiger partial charge in [0.15, 0.2) is 10.7 Å². The van der Waals surface area contributed by atoms with Gasteiger partial charge in [-0.2, -0.15) is 0 Å². The summed E-state index contributed by atoms with van der Waals surface area (Å²) in [5.41, 5.74) is 0.881. The minimum atomic E-state index is -4.11. The predicted molar refractivity (Wildman–Crippen MR) is 182 cm³/mol. The summed E-state index contributed by atoms with van der Waals surface area (Å²) in [6.45, 7) is 8.94. The quantitative estimate of drug-likeness (QED) is 0.287. The summed E-state index contributed by atoms with van der Waals surface area (Å²) in [5.74, 6) is -0.798. The smallest absolute Gasteiger partial charge is 0.321 e. The lowest BCUT2D eigenvalue weighted by molar-refractivity contribution is -0.0115. The van der Waals surface area contributed by atoms with E-state index in [4.69, 9.17) is 14.0 Å². The maximum atomic E-state index is 14.4. The lowest BCUT2D eigenvalue weighted by atomic mass is 10.0. The number of benzene rings is 2. The molecule has 0 bridgehead atoms. The maximum absolute atomic E-state index is 14.4. The molecule has 0 saturated carbocycles. The number of carbonyl (C=O) groups is 2. The van der Waals surface area contributed by atoms with Gasteiger partial charge in [0, 0.05) is 44.0 Å². The number of sulfonamides is 1. The Bertz CT molecular complexity index is 1680. The first-order valence-corrected chi connectivity index (χ1v) is 17.8. The molecule has 2 aromatic carbocycles. The fraction of sp³-hybridized carbons (Fsp3) is 0.500. The highest BCUT2D eigenvalue weighted by atomic mass is 32.2. The van der Waals surface area contributed by atoms with Crippen LogP contribution in [0.2, 0.25) is 0 Å². The molecule has 3 N–H and O–H groups in total. The van der Waals surface area contributed by atoms with E-state index in [1.165, 1.54) is 60.0 Å². The Balaban J connectivity index is 1.63. The number of aryl methyl sites for hydroxylation is 2. The third-order valence-electron chi connectivity index (χ3n) is 8.44. The molecule has 2 heterocycles. The maximum Gasteiger partial charge on any atom is 0.321 e. The second-order valence-corrected chi connectivity index (χ2v) is 14.2. The lowest BCUT2D eigenvalue weighted by Gasteiger charge is -2.35. The second-order valence-electron chi connectivity index (χ2n) is 12.6. The minimum absolute atomic E-state index is 0.0875. The highest BCUT2D eigenvalue weighted by Gasteiger charge is 2.32. The fourth-order valence-electron chi connectivity index (χ4n) is 5.62. The van der Waals surface area contributed by atoms with Crippen LogP contribution in [-0.4, -0.2) is 92.0 Å². The van der Waals surface area contributed by atoms with Gasteiger partial charge in [-0.3, -0.25) is 9.52 Å². The summed E-state index contributed by atoms with van der Waals surface area (Å²) in [6.07, 6.45) is 1.39. The number of likely N-dealkylation sites (N-methyl/N-ethyl adjacent to an activating group) is 1. The SMILES string of the molecule is Cc1noc(C)c1S(=O)(=O)Nc1ccc2c(c1)C(=O)N([C@H](C)CO)C[C@@H](C)[C@H](CN(C)C(=O)Nc1ccc(F)cc1)OCCCC[C@@H](C)O2. The van der Waals surface area contributed by atoms with E-state index in [0.717, 1.165) is 12.8 Å². The molecule has 0 spiro atoms. The molecule has 4 rings (SSSR count). The van der Waals surface area contributed by atoms with Gasteiger partial charge in [-0.15, -0.1) is 0 Å². The van der Waals surface area contributed by atoms with E-state index in [-0.39, 0.29) is 65.1 Å². The van der Waals surface area contributed by atoms with Gasteiger partial charge >= 0.3 is 6.03 Å². The molecular weight excluding hydrogens is 657 g/mol. The van der Waals surface area contributed by atoms with E-state index in [2.05, 4.69) is 15.2 Å². The first-order valence-electron chi connectivity index (χ1n) is 16.3. The molecule has 15 heteroatoms. The average Bonchev–Trinajstić information content (AvgIpc) is 3.41. The van der Waals surface area contributed by atoms with E-state index in [1.54, 1.807) is 20.0 Å². The van der Waals surface area contributed by atoms with Crippen LogP contribution in [0.5, 0.6) is 5.75 Å². The van der Waals surface area contributed by atoms with Gasteiger partial charge < -0.3 is 34.2 Å². The third kappa shape index (κ3) is 9.70. The van der Waals surface area contributed by atoms with Crippen molar-refractivity contribution >= 4 is 33.3 Å². The van der Waals surface area contributed by atoms with E-state index >= 15 is 0 Å². The zero-order valence-electron chi connectivity index (χ0n) is 28.7. The summed E-state index contributed by atoms with van der Waals surface area (Å²) in [4.78, 5) is 30.3. The number of halogens is 1. The number of anilines is 2. The Morgan fingerprint density at radius 2 is 1.84 bits per heavy atom.